The Morgan fingerprint density at radius 3 is 2.25 bits per heavy atom. The highest BCUT2D eigenvalue weighted by Crippen LogP contribution is 2.57. The summed E-state index contributed by atoms with van der Waals surface area (Å²) in [5.74, 6) is 5.47. The van der Waals surface area contributed by atoms with Crippen LogP contribution in [0.3, 0.4) is 0 Å². The van der Waals surface area contributed by atoms with Crippen molar-refractivity contribution >= 4 is 0 Å². The molecule has 0 aromatic heterocycles. The van der Waals surface area contributed by atoms with E-state index in [1.807, 2.05) is 0 Å². The Kier molecular flexibility index (Phi) is 4.33. The first-order valence-electron chi connectivity index (χ1n) is 7.74. The van der Waals surface area contributed by atoms with Crippen molar-refractivity contribution < 1.29 is 0 Å². The van der Waals surface area contributed by atoms with E-state index in [0.29, 0.717) is 0 Å². The zero-order valence-corrected chi connectivity index (χ0v) is 11.5. The van der Waals surface area contributed by atoms with Gasteiger partial charge in [-0.1, -0.05) is 59.3 Å². The van der Waals surface area contributed by atoms with Gasteiger partial charge in [-0.15, -0.1) is 0 Å². The Labute approximate surface area is 102 Å². The molecule has 0 saturated heterocycles. The Balaban J connectivity index is 1.51. The van der Waals surface area contributed by atoms with Crippen molar-refractivity contribution in [2.75, 3.05) is 0 Å². The van der Waals surface area contributed by atoms with Crippen LogP contribution in [0.25, 0.3) is 0 Å². The Bertz CT molecular complexity index is 208. The molecule has 0 aromatic carbocycles. The molecule has 5 unspecified atom stereocenters. The molecular weight excluding hydrogens is 192 g/mol. The van der Waals surface area contributed by atoms with Gasteiger partial charge >= 0.3 is 0 Å². The van der Waals surface area contributed by atoms with E-state index < -0.39 is 0 Å². The van der Waals surface area contributed by atoms with Gasteiger partial charge < -0.3 is 0 Å². The lowest BCUT2D eigenvalue weighted by Gasteiger charge is -2.41. The molecule has 0 heteroatoms. The third-order valence-electron chi connectivity index (χ3n) is 5.42. The molecule has 0 heterocycles. The zero-order chi connectivity index (χ0) is 11.5. The lowest BCUT2D eigenvalue weighted by atomic mass is 9.64. The van der Waals surface area contributed by atoms with Crippen molar-refractivity contribution in [2.45, 2.75) is 72.1 Å². The first-order valence-corrected chi connectivity index (χ1v) is 7.74. The van der Waals surface area contributed by atoms with E-state index in [1.54, 1.807) is 12.8 Å². The number of hydrogen-bond donors (Lipinski definition) is 0. The summed E-state index contributed by atoms with van der Waals surface area (Å²) in [4.78, 5) is 0. The predicted octanol–water partition coefficient (Wildman–Crippen LogP) is 5.28. The molecule has 2 fully saturated rings. The van der Waals surface area contributed by atoms with Crippen LogP contribution >= 0.6 is 0 Å². The molecule has 0 radical (unpaired) electrons. The first kappa shape index (κ1) is 12.5. The monoisotopic (exact) mass is 222 g/mol. The van der Waals surface area contributed by atoms with Crippen LogP contribution in [-0.4, -0.2) is 0 Å². The fraction of sp³-hybridized carbons (Fsp3) is 1.00. The fourth-order valence-electron chi connectivity index (χ4n) is 3.79. The van der Waals surface area contributed by atoms with Crippen molar-refractivity contribution in [3.05, 3.63) is 0 Å². The first-order chi connectivity index (χ1) is 7.74. The third kappa shape index (κ3) is 2.81. The highest BCUT2D eigenvalue weighted by atomic mass is 14.5. The summed E-state index contributed by atoms with van der Waals surface area (Å²) >= 11 is 0. The van der Waals surface area contributed by atoms with Gasteiger partial charge in [-0.2, -0.15) is 0 Å². The number of hydrogen-bond acceptors (Lipinski definition) is 0. The standard InChI is InChI=1S/C16H30/c1-4-5-6-7-8-9-14-11-16(14)15-10-12(2)13(15)3/h12-16H,4-11H2,1-3H3. The normalized spacial score (nSPS) is 41.8. The molecular formula is C16H30. The van der Waals surface area contributed by atoms with Crippen LogP contribution in [0, 0.1) is 29.6 Å². The van der Waals surface area contributed by atoms with Crippen LogP contribution in [0.2, 0.25) is 0 Å². The number of unbranched alkanes of at least 4 members (excludes halogenated alkanes) is 4. The van der Waals surface area contributed by atoms with Gasteiger partial charge in [-0.05, 0) is 42.4 Å². The second kappa shape index (κ2) is 5.56. The highest BCUT2D eigenvalue weighted by molar-refractivity contribution is 4.98. The summed E-state index contributed by atoms with van der Waals surface area (Å²) < 4.78 is 0. The second-order valence-corrected chi connectivity index (χ2v) is 6.60. The summed E-state index contributed by atoms with van der Waals surface area (Å²) in [6.45, 7) is 7.22. The summed E-state index contributed by atoms with van der Waals surface area (Å²) in [5, 5.41) is 0. The molecule has 0 aromatic rings. The Morgan fingerprint density at radius 2 is 1.62 bits per heavy atom. The molecule has 0 N–H and O–H groups in total. The summed E-state index contributed by atoms with van der Waals surface area (Å²) in [6.07, 6.45) is 12.0. The largest absolute Gasteiger partial charge is 0.0654 e. The molecule has 0 amide bonds. The van der Waals surface area contributed by atoms with E-state index in [1.165, 1.54) is 38.5 Å². The maximum atomic E-state index is 2.48. The van der Waals surface area contributed by atoms with Crippen LogP contribution in [0.4, 0.5) is 0 Å². The second-order valence-electron chi connectivity index (χ2n) is 6.60. The fourth-order valence-corrected chi connectivity index (χ4v) is 3.79. The summed E-state index contributed by atoms with van der Waals surface area (Å²) in [5.41, 5.74) is 0. The minimum Gasteiger partial charge on any atom is -0.0654 e. The Morgan fingerprint density at radius 1 is 0.875 bits per heavy atom. The topological polar surface area (TPSA) is 0 Å². The van der Waals surface area contributed by atoms with Gasteiger partial charge in [0.25, 0.3) is 0 Å². The van der Waals surface area contributed by atoms with Gasteiger partial charge in [0, 0.05) is 0 Å². The minimum atomic E-state index is 1.02. The third-order valence-corrected chi connectivity index (χ3v) is 5.42. The average Bonchev–Trinajstić information content (AvgIpc) is 3.04. The van der Waals surface area contributed by atoms with E-state index in [4.69, 9.17) is 0 Å². The average molecular weight is 222 g/mol. The maximum absolute atomic E-state index is 2.48. The highest BCUT2D eigenvalue weighted by Gasteiger charge is 2.49. The molecule has 5 atom stereocenters. The van der Waals surface area contributed by atoms with Crippen LogP contribution in [0.5, 0.6) is 0 Å². The molecule has 0 aliphatic heterocycles. The van der Waals surface area contributed by atoms with E-state index in [2.05, 4.69) is 20.8 Å². The molecule has 0 bridgehead atoms. The lowest BCUT2D eigenvalue weighted by molar-refractivity contribution is 0.0776. The van der Waals surface area contributed by atoms with Crippen molar-refractivity contribution in [3.63, 3.8) is 0 Å². The van der Waals surface area contributed by atoms with E-state index in [-0.39, 0.29) is 0 Å². The molecule has 16 heavy (non-hydrogen) atoms. The molecule has 0 spiro atoms. The van der Waals surface area contributed by atoms with E-state index in [0.717, 1.165) is 29.6 Å². The predicted molar refractivity (Wildman–Crippen MR) is 71.4 cm³/mol. The van der Waals surface area contributed by atoms with Crippen LogP contribution in [-0.2, 0) is 0 Å². The molecule has 2 rings (SSSR count). The smallest absolute Gasteiger partial charge is 0.0352 e. The van der Waals surface area contributed by atoms with Crippen LogP contribution < -0.4 is 0 Å². The summed E-state index contributed by atoms with van der Waals surface area (Å²) in [6, 6.07) is 0. The SMILES string of the molecule is CCCCCCCC1CC1C1CC(C)C1C. The van der Waals surface area contributed by atoms with Gasteiger partial charge in [0.1, 0.15) is 0 Å². The van der Waals surface area contributed by atoms with E-state index in [9.17, 15) is 0 Å². The molecule has 94 valence electrons. The van der Waals surface area contributed by atoms with Gasteiger partial charge in [0.2, 0.25) is 0 Å². The van der Waals surface area contributed by atoms with Crippen molar-refractivity contribution in [3.8, 4) is 0 Å². The molecule has 2 aliphatic carbocycles. The molecule has 0 nitrogen and oxygen atoms in total. The van der Waals surface area contributed by atoms with Crippen LogP contribution in [0.1, 0.15) is 72.1 Å². The van der Waals surface area contributed by atoms with Crippen LogP contribution in [0.15, 0.2) is 0 Å². The van der Waals surface area contributed by atoms with Crippen molar-refractivity contribution in [1.29, 1.82) is 0 Å². The lowest BCUT2D eigenvalue weighted by Crippen LogP contribution is -2.34. The molecule has 2 aliphatic rings. The number of rotatable bonds is 7. The van der Waals surface area contributed by atoms with E-state index >= 15 is 0 Å². The zero-order valence-electron chi connectivity index (χ0n) is 11.5. The summed E-state index contributed by atoms with van der Waals surface area (Å²) in [7, 11) is 0. The van der Waals surface area contributed by atoms with Gasteiger partial charge in [-0.25, -0.2) is 0 Å². The maximum Gasteiger partial charge on any atom is -0.0352 e. The van der Waals surface area contributed by atoms with Gasteiger partial charge in [0.05, 0.1) is 0 Å². The minimum absolute atomic E-state index is 1.02. The quantitative estimate of drug-likeness (QED) is 0.514. The Hall–Kier alpha value is 0. The van der Waals surface area contributed by atoms with Crippen molar-refractivity contribution in [2.24, 2.45) is 29.6 Å². The molecule has 2 saturated carbocycles. The van der Waals surface area contributed by atoms with Gasteiger partial charge in [0.15, 0.2) is 0 Å². The van der Waals surface area contributed by atoms with Crippen molar-refractivity contribution in [1.82, 2.24) is 0 Å². The van der Waals surface area contributed by atoms with Gasteiger partial charge in [-0.3, -0.25) is 0 Å².